The van der Waals surface area contributed by atoms with Gasteiger partial charge in [-0.05, 0) is 19.3 Å². The Hall–Kier alpha value is -1.65. The lowest BCUT2D eigenvalue weighted by Gasteiger charge is -2.23. The SMILES string of the molecule is Cc1nc2n(c(=O)c1CC(=O)O)CC(C)CC2. The highest BCUT2D eigenvalue weighted by Gasteiger charge is 2.21. The molecule has 0 saturated heterocycles. The summed E-state index contributed by atoms with van der Waals surface area (Å²) in [6.45, 7) is 4.44. The summed E-state index contributed by atoms with van der Waals surface area (Å²) in [4.78, 5) is 27.3. The van der Waals surface area contributed by atoms with Gasteiger partial charge in [0.15, 0.2) is 0 Å². The van der Waals surface area contributed by atoms with Crippen molar-refractivity contribution in [3.63, 3.8) is 0 Å². The summed E-state index contributed by atoms with van der Waals surface area (Å²) in [7, 11) is 0. The first-order valence-corrected chi connectivity index (χ1v) is 5.80. The molecule has 1 aromatic heterocycles. The van der Waals surface area contributed by atoms with Gasteiger partial charge in [-0.3, -0.25) is 14.2 Å². The van der Waals surface area contributed by atoms with Gasteiger partial charge in [-0.2, -0.15) is 0 Å². The van der Waals surface area contributed by atoms with E-state index in [1.165, 1.54) is 0 Å². The van der Waals surface area contributed by atoms with Crippen LogP contribution >= 0.6 is 0 Å². The molecule has 92 valence electrons. The monoisotopic (exact) mass is 236 g/mol. The number of carbonyl (C=O) groups is 1. The molecule has 0 aromatic carbocycles. The van der Waals surface area contributed by atoms with Gasteiger partial charge >= 0.3 is 5.97 Å². The average Bonchev–Trinajstić information content (AvgIpc) is 2.25. The highest BCUT2D eigenvalue weighted by Crippen LogP contribution is 2.17. The lowest BCUT2D eigenvalue weighted by atomic mass is 10.0. The zero-order valence-electron chi connectivity index (χ0n) is 10.1. The minimum atomic E-state index is -0.989. The minimum Gasteiger partial charge on any atom is -0.481 e. The van der Waals surface area contributed by atoms with E-state index in [0.717, 1.165) is 18.7 Å². The highest BCUT2D eigenvalue weighted by molar-refractivity contribution is 5.70. The molecular weight excluding hydrogens is 220 g/mol. The van der Waals surface area contributed by atoms with Gasteiger partial charge in [-0.1, -0.05) is 6.92 Å². The van der Waals surface area contributed by atoms with E-state index < -0.39 is 5.97 Å². The molecule has 1 N–H and O–H groups in total. The zero-order chi connectivity index (χ0) is 12.6. The molecule has 2 heterocycles. The number of aliphatic carboxylic acids is 1. The summed E-state index contributed by atoms with van der Waals surface area (Å²) in [5.74, 6) is 0.249. The second-order valence-corrected chi connectivity index (χ2v) is 4.72. The first-order valence-electron chi connectivity index (χ1n) is 5.80. The van der Waals surface area contributed by atoms with E-state index in [0.29, 0.717) is 23.7 Å². The molecular formula is C12H16N2O3. The number of nitrogens with zero attached hydrogens (tertiary/aromatic N) is 2. The maximum atomic E-state index is 12.2. The van der Waals surface area contributed by atoms with Crippen LogP contribution in [0.3, 0.4) is 0 Å². The second kappa shape index (κ2) is 4.31. The minimum absolute atomic E-state index is 0.179. The van der Waals surface area contributed by atoms with Gasteiger partial charge in [0.25, 0.3) is 5.56 Å². The van der Waals surface area contributed by atoms with Gasteiger partial charge in [-0.25, -0.2) is 4.98 Å². The third kappa shape index (κ3) is 2.23. The highest BCUT2D eigenvalue weighted by atomic mass is 16.4. The Labute approximate surface area is 99.1 Å². The summed E-state index contributed by atoms with van der Waals surface area (Å²) in [6, 6.07) is 0. The first-order chi connectivity index (χ1) is 7.99. The van der Waals surface area contributed by atoms with Gasteiger partial charge in [0.2, 0.25) is 0 Å². The number of rotatable bonds is 2. The van der Waals surface area contributed by atoms with Crippen LogP contribution in [0.4, 0.5) is 0 Å². The van der Waals surface area contributed by atoms with Gasteiger partial charge in [0, 0.05) is 24.2 Å². The number of hydrogen-bond acceptors (Lipinski definition) is 3. The Kier molecular flexibility index (Phi) is 3.00. The number of aryl methyl sites for hydroxylation is 2. The topological polar surface area (TPSA) is 72.2 Å². The molecule has 1 aliphatic rings. The van der Waals surface area contributed by atoms with Crippen LogP contribution in [0.5, 0.6) is 0 Å². The fraction of sp³-hybridized carbons (Fsp3) is 0.583. The molecule has 1 unspecified atom stereocenters. The molecule has 5 heteroatoms. The van der Waals surface area contributed by atoms with E-state index in [1.807, 2.05) is 0 Å². The van der Waals surface area contributed by atoms with E-state index in [4.69, 9.17) is 5.11 Å². The molecule has 0 bridgehead atoms. The van der Waals surface area contributed by atoms with Gasteiger partial charge in [-0.15, -0.1) is 0 Å². The molecule has 0 spiro atoms. The standard InChI is InChI=1S/C12H16N2O3/c1-7-3-4-10-13-8(2)9(5-11(15)16)12(17)14(10)6-7/h7H,3-6H2,1-2H3,(H,15,16). The lowest BCUT2D eigenvalue weighted by Crippen LogP contribution is -2.35. The van der Waals surface area contributed by atoms with Crippen LogP contribution in [0, 0.1) is 12.8 Å². The maximum absolute atomic E-state index is 12.2. The van der Waals surface area contributed by atoms with Crippen LogP contribution < -0.4 is 5.56 Å². The fourth-order valence-electron chi connectivity index (χ4n) is 2.27. The third-order valence-corrected chi connectivity index (χ3v) is 3.23. The van der Waals surface area contributed by atoms with Crippen LogP contribution in [0.25, 0.3) is 0 Å². The van der Waals surface area contributed by atoms with Crippen molar-refractivity contribution in [2.24, 2.45) is 5.92 Å². The van der Waals surface area contributed by atoms with Crippen molar-refractivity contribution in [2.75, 3.05) is 0 Å². The van der Waals surface area contributed by atoms with E-state index in [-0.39, 0.29) is 12.0 Å². The molecule has 0 amide bonds. The summed E-state index contributed by atoms with van der Waals surface area (Å²) >= 11 is 0. The Morgan fingerprint density at radius 2 is 2.29 bits per heavy atom. The predicted octanol–water partition coefficient (Wildman–Crippen LogP) is 0.761. The van der Waals surface area contributed by atoms with Gasteiger partial charge in [0.05, 0.1) is 6.42 Å². The van der Waals surface area contributed by atoms with Gasteiger partial charge < -0.3 is 5.11 Å². The number of carboxylic acid groups (broad SMARTS) is 1. The zero-order valence-corrected chi connectivity index (χ0v) is 10.1. The molecule has 0 fully saturated rings. The number of fused-ring (bicyclic) bond motifs is 1. The van der Waals surface area contributed by atoms with Crippen molar-refractivity contribution in [2.45, 2.75) is 39.7 Å². The molecule has 5 nitrogen and oxygen atoms in total. The third-order valence-electron chi connectivity index (χ3n) is 3.23. The smallest absolute Gasteiger partial charge is 0.308 e. The molecule has 0 aliphatic carbocycles. The molecule has 1 aliphatic heterocycles. The van der Waals surface area contributed by atoms with Crippen molar-refractivity contribution >= 4 is 5.97 Å². The van der Waals surface area contributed by atoms with Crippen molar-refractivity contribution in [1.29, 1.82) is 0 Å². The van der Waals surface area contributed by atoms with Crippen LogP contribution in [0.2, 0.25) is 0 Å². The molecule has 1 atom stereocenters. The summed E-state index contributed by atoms with van der Waals surface area (Å²) < 4.78 is 1.64. The summed E-state index contributed by atoms with van der Waals surface area (Å²) in [5, 5.41) is 8.80. The molecule has 2 rings (SSSR count). The van der Waals surface area contributed by atoms with E-state index in [9.17, 15) is 9.59 Å². The number of carboxylic acids is 1. The van der Waals surface area contributed by atoms with Crippen LogP contribution in [0.15, 0.2) is 4.79 Å². The van der Waals surface area contributed by atoms with Crippen LogP contribution in [0.1, 0.15) is 30.4 Å². The number of aromatic nitrogens is 2. The average molecular weight is 236 g/mol. The largest absolute Gasteiger partial charge is 0.481 e. The Balaban J connectivity index is 2.53. The lowest BCUT2D eigenvalue weighted by molar-refractivity contribution is -0.136. The molecule has 17 heavy (non-hydrogen) atoms. The molecule has 0 radical (unpaired) electrons. The van der Waals surface area contributed by atoms with Gasteiger partial charge in [0.1, 0.15) is 5.82 Å². The predicted molar refractivity (Wildman–Crippen MR) is 62.1 cm³/mol. The second-order valence-electron chi connectivity index (χ2n) is 4.72. The maximum Gasteiger partial charge on any atom is 0.308 e. The normalized spacial score (nSPS) is 18.8. The Morgan fingerprint density at radius 1 is 1.59 bits per heavy atom. The van der Waals surface area contributed by atoms with Crippen molar-refractivity contribution < 1.29 is 9.90 Å². The Bertz CT molecular complexity index is 519. The number of hydrogen-bond donors (Lipinski definition) is 1. The van der Waals surface area contributed by atoms with Crippen LogP contribution in [-0.2, 0) is 24.2 Å². The summed E-state index contributed by atoms with van der Waals surface area (Å²) in [5.41, 5.74) is 0.690. The van der Waals surface area contributed by atoms with E-state index in [1.54, 1.807) is 11.5 Å². The molecule has 0 saturated carbocycles. The first kappa shape index (κ1) is 11.8. The fourth-order valence-corrected chi connectivity index (χ4v) is 2.27. The summed E-state index contributed by atoms with van der Waals surface area (Å²) in [6.07, 6.45) is 1.58. The quantitative estimate of drug-likeness (QED) is 0.822. The molecule has 1 aromatic rings. The van der Waals surface area contributed by atoms with E-state index in [2.05, 4.69) is 11.9 Å². The Morgan fingerprint density at radius 3 is 2.94 bits per heavy atom. The van der Waals surface area contributed by atoms with Crippen molar-refractivity contribution in [3.05, 3.63) is 27.4 Å². The van der Waals surface area contributed by atoms with Crippen LogP contribution in [-0.4, -0.2) is 20.6 Å². The van der Waals surface area contributed by atoms with Crippen molar-refractivity contribution in [1.82, 2.24) is 9.55 Å². The van der Waals surface area contributed by atoms with Crippen molar-refractivity contribution in [3.8, 4) is 0 Å². The van der Waals surface area contributed by atoms with E-state index >= 15 is 0 Å².